The Morgan fingerprint density at radius 2 is 1.96 bits per heavy atom. The van der Waals surface area contributed by atoms with E-state index >= 15 is 0 Å². The van der Waals surface area contributed by atoms with Crippen molar-refractivity contribution in [1.82, 2.24) is 25.2 Å². The van der Waals surface area contributed by atoms with Crippen LogP contribution in [0.3, 0.4) is 0 Å². The Labute approximate surface area is 181 Å². The van der Waals surface area contributed by atoms with Crippen molar-refractivity contribution in [1.29, 1.82) is 0 Å². The van der Waals surface area contributed by atoms with Gasteiger partial charge in [0.1, 0.15) is 17.6 Å². The summed E-state index contributed by atoms with van der Waals surface area (Å²) in [6.07, 6.45) is 1.89. The molecule has 0 saturated heterocycles. The van der Waals surface area contributed by atoms with Gasteiger partial charge in [0.05, 0.1) is 20.2 Å². The Hall–Kier alpha value is -2.56. The van der Waals surface area contributed by atoms with E-state index in [1.54, 1.807) is 14.2 Å². The fraction of sp³-hybridized carbons (Fsp3) is 0.316. The molecular weight excluding hydrogens is 471 g/mol. The van der Waals surface area contributed by atoms with Gasteiger partial charge in [-0.3, -0.25) is 9.39 Å². The summed E-state index contributed by atoms with van der Waals surface area (Å²) in [7, 11) is 3.36. The van der Waals surface area contributed by atoms with Crippen LogP contribution in [-0.4, -0.2) is 47.4 Å². The van der Waals surface area contributed by atoms with Crippen LogP contribution < -0.4 is 20.1 Å². The summed E-state index contributed by atoms with van der Waals surface area (Å²) >= 11 is 0. The van der Waals surface area contributed by atoms with Crippen molar-refractivity contribution in [3.63, 3.8) is 0 Å². The number of ether oxygens (including phenoxy) is 2. The molecule has 0 aliphatic carbocycles. The summed E-state index contributed by atoms with van der Waals surface area (Å²) in [4.78, 5) is 4.24. The van der Waals surface area contributed by atoms with E-state index in [1.165, 1.54) is 0 Å². The summed E-state index contributed by atoms with van der Waals surface area (Å²) < 4.78 is 13.1. The Bertz CT molecular complexity index is 914. The Kier molecular flexibility index (Phi) is 8.30. The molecule has 0 amide bonds. The average Bonchev–Trinajstić information content (AvgIpc) is 3.11. The number of hydrogen-bond acceptors (Lipinski definition) is 5. The van der Waals surface area contributed by atoms with Gasteiger partial charge in [-0.25, -0.2) is 0 Å². The SMILES string of the molecule is CN=C(NCc1nnc2ccccn12)NCC(C)Oc1cccc(OC)c1.I. The molecule has 0 bridgehead atoms. The van der Waals surface area contributed by atoms with Gasteiger partial charge in [-0.1, -0.05) is 12.1 Å². The highest BCUT2D eigenvalue weighted by atomic mass is 127. The predicted octanol–water partition coefficient (Wildman–Crippen LogP) is 2.49. The highest BCUT2D eigenvalue weighted by Crippen LogP contribution is 2.19. The third-order valence-electron chi connectivity index (χ3n) is 3.96. The molecule has 28 heavy (non-hydrogen) atoms. The first-order valence-electron chi connectivity index (χ1n) is 8.73. The topological polar surface area (TPSA) is 85.1 Å². The van der Waals surface area contributed by atoms with Crippen molar-refractivity contribution in [3.8, 4) is 11.5 Å². The maximum Gasteiger partial charge on any atom is 0.191 e. The molecule has 1 unspecified atom stereocenters. The number of pyridine rings is 1. The number of aromatic nitrogens is 3. The zero-order valence-electron chi connectivity index (χ0n) is 16.1. The third-order valence-corrected chi connectivity index (χ3v) is 3.96. The minimum absolute atomic E-state index is 0. The molecule has 0 saturated carbocycles. The van der Waals surface area contributed by atoms with Crippen LogP contribution in [0.15, 0.2) is 53.7 Å². The Morgan fingerprint density at radius 1 is 1.14 bits per heavy atom. The number of fused-ring (bicyclic) bond motifs is 1. The second kappa shape index (κ2) is 10.7. The fourth-order valence-electron chi connectivity index (χ4n) is 2.58. The van der Waals surface area contributed by atoms with Crippen LogP contribution in [0, 0.1) is 0 Å². The zero-order valence-corrected chi connectivity index (χ0v) is 18.5. The summed E-state index contributed by atoms with van der Waals surface area (Å²) in [5, 5.41) is 14.8. The highest BCUT2D eigenvalue weighted by molar-refractivity contribution is 14.0. The van der Waals surface area contributed by atoms with Crippen LogP contribution in [-0.2, 0) is 6.54 Å². The maximum absolute atomic E-state index is 5.91. The predicted molar refractivity (Wildman–Crippen MR) is 120 cm³/mol. The molecule has 0 fully saturated rings. The first-order chi connectivity index (χ1) is 13.2. The lowest BCUT2D eigenvalue weighted by Crippen LogP contribution is -2.41. The molecule has 3 rings (SSSR count). The van der Waals surface area contributed by atoms with Crippen molar-refractivity contribution in [2.24, 2.45) is 4.99 Å². The molecule has 3 aromatic rings. The monoisotopic (exact) mass is 496 g/mol. The molecule has 150 valence electrons. The zero-order chi connectivity index (χ0) is 19.1. The van der Waals surface area contributed by atoms with E-state index in [1.807, 2.05) is 60.0 Å². The van der Waals surface area contributed by atoms with E-state index in [-0.39, 0.29) is 30.1 Å². The average molecular weight is 496 g/mol. The summed E-state index contributed by atoms with van der Waals surface area (Å²) in [5.41, 5.74) is 0.817. The molecule has 8 nitrogen and oxygen atoms in total. The molecule has 9 heteroatoms. The molecule has 1 atom stereocenters. The Morgan fingerprint density at radius 3 is 2.75 bits per heavy atom. The van der Waals surface area contributed by atoms with E-state index in [4.69, 9.17) is 9.47 Å². The number of guanidine groups is 1. The van der Waals surface area contributed by atoms with Crippen LogP contribution in [0.4, 0.5) is 0 Å². The number of hydrogen-bond donors (Lipinski definition) is 2. The van der Waals surface area contributed by atoms with Gasteiger partial charge < -0.3 is 20.1 Å². The first kappa shape index (κ1) is 21.7. The van der Waals surface area contributed by atoms with Gasteiger partial charge >= 0.3 is 0 Å². The van der Waals surface area contributed by atoms with Crippen LogP contribution in [0.25, 0.3) is 5.65 Å². The van der Waals surface area contributed by atoms with Gasteiger partial charge in [0.25, 0.3) is 0 Å². The van der Waals surface area contributed by atoms with Crippen molar-refractivity contribution >= 4 is 35.6 Å². The first-order valence-corrected chi connectivity index (χ1v) is 8.73. The summed E-state index contributed by atoms with van der Waals surface area (Å²) in [6.45, 7) is 3.10. The van der Waals surface area contributed by atoms with Crippen molar-refractivity contribution in [2.45, 2.75) is 19.6 Å². The van der Waals surface area contributed by atoms with Crippen molar-refractivity contribution < 1.29 is 9.47 Å². The van der Waals surface area contributed by atoms with Crippen LogP contribution in [0.2, 0.25) is 0 Å². The number of aliphatic imine (C=N–C) groups is 1. The number of benzene rings is 1. The molecule has 2 heterocycles. The fourth-order valence-corrected chi connectivity index (χ4v) is 2.58. The highest BCUT2D eigenvalue weighted by Gasteiger charge is 2.08. The van der Waals surface area contributed by atoms with E-state index in [0.29, 0.717) is 19.0 Å². The van der Waals surface area contributed by atoms with E-state index < -0.39 is 0 Å². The largest absolute Gasteiger partial charge is 0.497 e. The standard InChI is InChI=1S/C19H24N6O2.HI/c1-14(27-16-8-6-7-15(11-16)26-3)12-21-19(20-2)22-13-18-24-23-17-9-4-5-10-25(17)18;/h4-11,14H,12-13H2,1-3H3,(H2,20,21,22);1H. The molecule has 2 N–H and O–H groups in total. The molecule has 0 spiro atoms. The lowest BCUT2D eigenvalue weighted by molar-refractivity contribution is 0.223. The molecule has 1 aromatic carbocycles. The van der Waals surface area contributed by atoms with Gasteiger partial charge in [0, 0.05) is 19.3 Å². The number of nitrogens with zero attached hydrogens (tertiary/aromatic N) is 4. The quantitative estimate of drug-likeness (QED) is 0.297. The second-order valence-electron chi connectivity index (χ2n) is 5.96. The molecule has 0 aliphatic rings. The summed E-state index contributed by atoms with van der Waals surface area (Å²) in [6, 6.07) is 13.4. The van der Waals surface area contributed by atoms with Gasteiger partial charge in [0.2, 0.25) is 0 Å². The second-order valence-corrected chi connectivity index (χ2v) is 5.96. The smallest absolute Gasteiger partial charge is 0.191 e. The number of rotatable bonds is 7. The lowest BCUT2D eigenvalue weighted by atomic mass is 10.3. The number of methoxy groups -OCH3 is 1. The number of halogens is 1. The third kappa shape index (κ3) is 5.72. The maximum atomic E-state index is 5.91. The minimum atomic E-state index is -0.0513. The van der Waals surface area contributed by atoms with Crippen LogP contribution in [0.5, 0.6) is 11.5 Å². The normalized spacial score (nSPS) is 12.2. The van der Waals surface area contributed by atoms with Gasteiger partial charge in [0.15, 0.2) is 17.4 Å². The van der Waals surface area contributed by atoms with Crippen LogP contribution in [0.1, 0.15) is 12.7 Å². The van der Waals surface area contributed by atoms with Gasteiger partial charge in [-0.05, 0) is 31.2 Å². The molecule has 2 aromatic heterocycles. The molecule has 0 radical (unpaired) electrons. The van der Waals surface area contributed by atoms with E-state index in [9.17, 15) is 0 Å². The molecular formula is C19H25IN6O2. The summed E-state index contributed by atoms with van der Waals surface area (Å²) in [5.74, 6) is 3.02. The van der Waals surface area contributed by atoms with E-state index in [2.05, 4.69) is 25.8 Å². The molecule has 0 aliphatic heterocycles. The minimum Gasteiger partial charge on any atom is -0.497 e. The van der Waals surface area contributed by atoms with Gasteiger partial charge in [-0.15, -0.1) is 34.2 Å². The van der Waals surface area contributed by atoms with Gasteiger partial charge in [-0.2, -0.15) is 0 Å². The Balaban J connectivity index is 0.00000280. The number of nitrogens with one attached hydrogen (secondary N) is 2. The van der Waals surface area contributed by atoms with E-state index in [0.717, 1.165) is 23.0 Å². The van der Waals surface area contributed by atoms with Crippen molar-refractivity contribution in [2.75, 3.05) is 20.7 Å². The van der Waals surface area contributed by atoms with Crippen LogP contribution >= 0.6 is 24.0 Å². The van der Waals surface area contributed by atoms with Crippen molar-refractivity contribution in [3.05, 3.63) is 54.5 Å². The lowest BCUT2D eigenvalue weighted by Gasteiger charge is -2.18.